The number of rotatable bonds is 4. The van der Waals surface area contributed by atoms with Crippen molar-refractivity contribution in [3.8, 4) is 0 Å². The number of benzene rings is 1. The summed E-state index contributed by atoms with van der Waals surface area (Å²) in [4.78, 5) is 29.9. The topological polar surface area (TPSA) is 105 Å². The molecule has 0 radical (unpaired) electrons. The minimum atomic E-state index is -0.657. The molecule has 1 aromatic carbocycles. The summed E-state index contributed by atoms with van der Waals surface area (Å²) < 4.78 is 21.6. The van der Waals surface area contributed by atoms with Crippen molar-refractivity contribution in [2.75, 3.05) is 13.2 Å². The van der Waals surface area contributed by atoms with Gasteiger partial charge >= 0.3 is 17.9 Å². The number of hydrogen-bond acceptors (Lipinski definition) is 8. The number of cyclic esters (lactones) is 2. The van der Waals surface area contributed by atoms with E-state index in [9.17, 15) is 14.4 Å². The van der Waals surface area contributed by atoms with Crippen LogP contribution in [0.2, 0.25) is 0 Å². The molecular weight excluding hydrogens is 380 g/mol. The Kier molecular flexibility index (Phi) is 14.2. The van der Waals surface area contributed by atoms with Crippen molar-refractivity contribution in [1.29, 1.82) is 0 Å². The first kappa shape index (κ1) is 25.2. The highest BCUT2D eigenvalue weighted by atomic mass is 16.8. The Morgan fingerprint density at radius 1 is 1.14 bits per heavy atom. The van der Waals surface area contributed by atoms with Gasteiger partial charge in [0.05, 0.1) is 6.61 Å². The molecule has 1 fully saturated rings. The molecule has 1 atom stereocenters. The molecule has 156 valence electrons. The summed E-state index contributed by atoms with van der Waals surface area (Å²) in [6.07, 6.45) is 6.04. The van der Waals surface area contributed by atoms with Crippen LogP contribution in [0.1, 0.15) is 12.5 Å². The van der Waals surface area contributed by atoms with Crippen LogP contribution in [0.25, 0.3) is 6.08 Å². The number of hydrogen-bond donors (Lipinski definition) is 0. The van der Waals surface area contributed by atoms with E-state index < -0.39 is 12.0 Å². The molecule has 0 saturated carbocycles. The van der Waals surface area contributed by atoms with E-state index in [4.69, 9.17) is 0 Å². The van der Waals surface area contributed by atoms with Crippen molar-refractivity contribution in [2.24, 2.45) is 0 Å². The monoisotopic (exact) mass is 404 g/mol. The van der Waals surface area contributed by atoms with Crippen LogP contribution in [0.5, 0.6) is 0 Å². The third-order valence-corrected chi connectivity index (χ3v) is 2.75. The summed E-state index contributed by atoms with van der Waals surface area (Å²) in [5, 5.41) is 0. The summed E-state index contributed by atoms with van der Waals surface area (Å²) in [6, 6.07) is 10.0. The van der Waals surface area contributed by atoms with Crippen LogP contribution in [0.4, 0.5) is 4.79 Å². The minimum Gasteiger partial charge on any atom is -0.463 e. The number of carbonyl (C=O) groups is 2. The highest BCUT2D eigenvalue weighted by molar-refractivity contribution is 5.81. The zero-order chi connectivity index (χ0) is 21.9. The summed E-state index contributed by atoms with van der Waals surface area (Å²) in [5.41, 5.74) is 1.17. The molecule has 0 aliphatic carbocycles. The Balaban J connectivity index is 0.000000363. The van der Waals surface area contributed by atoms with Gasteiger partial charge in [-0.05, 0) is 18.6 Å². The van der Waals surface area contributed by atoms with Crippen molar-refractivity contribution in [2.45, 2.75) is 13.0 Å². The van der Waals surface area contributed by atoms with E-state index in [1.165, 1.54) is 24.2 Å². The van der Waals surface area contributed by atoms with E-state index in [0.717, 1.165) is 6.08 Å². The molecule has 2 aromatic rings. The first-order valence-corrected chi connectivity index (χ1v) is 8.41. The van der Waals surface area contributed by atoms with Crippen LogP contribution in [-0.4, -0.2) is 31.4 Å². The zero-order valence-corrected chi connectivity index (χ0v) is 16.2. The second-order valence-electron chi connectivity index (χ2n) is 4.78. The van der Waals surface area contributed by atoms with Gasteiger partial charge in [-0.3, -0.25) is 0 Å². The lowest BCUT2D eigenvalue weighted by Gasteiger charge is -1.92. The van der Waals surface area contributed by atoms with Crippen LogP contribution < -0.4 is 5.82 Å². The van der Waals surface area contributed by atoms with Crippen LogP contribution in [0.3, 0.4) is 0 Å². The fourth-order valence-electron chi connectivity index (χ4n) is 1.44. The maximum Gasteiger partial charge on any atom is 0.518 e. The molecule has 1 unspecified atom stereocenters. The third kappa shape index (κ3) is 14.0. The highest BCUT2D eigenvalue weighted by Gasteiger charge is 2.20. The van der Waals surface area contributed by atoms with Crippen molar-refractivity contribution < 1.29 is 32.6 Å². The van der Waals surface area contributed by atoms with Crippen molar-refractivity contribution in [1.82, 2.24) is 0 Å². The number of ether oxygens (including phenoxy) is 3. The summed E-state index contributed by atoms with van der Waals surface area (Å²) in [5.74, 6) is -1.02. The molecule has 0 N–H and O–H groups in total. The van der Waals surface area contributed by atoms with E-state index in [1.54, 1.807) is 6.92 Å². The van der Waals surface area contributed by atoms with Crippen molar-refractivity contribution in [3.63, 3.8) is 0 Å². The van der Waals surface area contributed by atoms with Gasteiger partial charge in [0.15, 0.2) is 6.10 Å². The Labute approximate surface area is 168 Å². The third-order valence-electron chi connectivity index (χ3n) is 2.75. The molecule has 1 aliphatic heterocycles. The quantitative estimate of drug-likeness (QED) is 0.428. The molecule has 8 nitrogen and oxygen atoms in total. The molecule has 8 heteroatoms. The first-order valence-electron chi connectivity index (χ1n) is 8.41. The van der Waals surface area contributed by atoms with Gasteiger partial charge in [-0.2, -0.15) is 0 Å². The molecule has 0 amide bonds. The van der Waals surface area contributed by atoms with E-state index in [0.29, 0.717) is 13.2 Å². The zero-order valence-electron chi connectivity index (χ0n) is 16.2. The molecular formula is C21H24O8. The lowest BCUT2D eigenvalue weighted by molar-refractivity contribution is -0.137. The minimum absolute atomic E-state index is 0.234. The fourth-order valence-corrected chi connectivity index (χ4v) is 1.44. The second-order valence-corrected chi connectivity index (χ2v) is 4.78. The fraction of sp³-hybridized carbons (Fsp3) is 0.190. The normalized spacial score (nSPS) is 13.3. The van der Waals surface area contributed by atoms with Crippen LogP contribution in [0, 0.1) is 0 Å². The maximum absolute atomic E-state index is 10.1. The van der Waals surface area contributed by atoms with Crippen molar-refractivity contribution in [3.05, 3.63) is 90.9 Å². The van der Waals surface area contributed by atoms with Crippen molar-refractivity contribution >= 4 is 18.2 Å². The highest BCUT2D eigenvalue weighted by Crippen LogP contribution is 2.05. The van der Waals surface area contributed by atoms with E-state index >= 15 is 0 Å². The molecule has 0 spiro atoms. The Bertz CT molecular complexity index is 772. The van der Waals surface area contributed by atoms with Gasteiger partial charge < -0.3 is 23.0 Å². The maximum atomic E-state index is 10.1. The van der Waals surface area contributed by atoms with Gasteiger partial charge in [-0.15, -0.1) is 0 Å². The second kappa shape index (κ2) is 16.4. The van der Waals surface area contributed by atoms with Gasteiger partial charge in [0, 0.05) is 6.08 Å². The lowest BCUT2D eigenvalue weighted by Crippen LogP contribution is -2.03. The number of carbonyl (C=O) groups excluding carboxylic acids is 2. The van der Waals surface area contributed by atoms with E-state index in [-0.39, 0.29) is 12.1 Å². The molecule has 2 heterocycles. The summed E-state index contributed by atoms with van der Waals surface area (Å²) in [7, 11) is 0. The van der Waals surface area contributed by atoms with Gasteiger partial charge in [-0.25, -0.2) is 14.4 Å². The average molecular weight is 404 g/mol. The lowest BCUT2D eigenvalue weighted by atomic mass is 10.2. The molecule has 1 aromatic heterocycles. The molecule has 29 heavy (non-hydrogen) atoms. The van der Waals surface area contributed by atoms with E-state index in [2.05, 4.69) is 42.8 Å². The molecule has 3 rings (SSSR count). The summed E-state index contributed by atoms with van der Waals surface area (Å²) in [6.45, 7) is 12.7. The van der Waals surface area contributed by atoms with Gasteiger partial charge in [0.1, 0.15) is 19.1 Å². The van der Waals surface area contributed by atoms with Crippen LogP contribution in [-0.2, 0) is 19.0 Å². The largest absolute Gasteiger partial charge is 0.518 e. The van der Waals surface area contributed by atoms with Gasteiger partial charge in [0.25, 0.3) is 0 Å². The number of esters is 1. The van der Waals surface area contributed by atoms with E-state index in [1.807, 2.05) is 36.4 Å². The molecule has 1 saturated heterocycles. The first-order chi connectivity index (χ1) is 14.0. The Hall–Kier alpha value is -3.81. The van der Waals surface area contributed by atoms with Crippen LogP contribution in [0.15, 0.2) is 88.4 Å². The standard InChI is InChI=1S/C8H8.C5H6O3.C5H8O2.C3H2O3/c1-2-8-6-4-3-5-7-8;1-2-4-3-7-5(6)8-4;1-3-5(6)7-4-2;4-3-5-1-2-6-3/h2-7H,1H2;2,4H,1,3H2;3H,1,4H2,2H3;1-2H. The predicted molar refractivity (Wildman–Crippen MR) is 107 cm³/mol. The van der Waals surface area contributed by atoms with Gasteiger partial charge in [-0.1, -0.05) is 56.1 Å². The van der Waals surface area contributed by atoms with Crippen LogP contribution >= 0.6 is 0 Å². The summed E-state index contributed by atoms with van der Waals surface area (Å²) >= 11 is 0. The average Bonchev–Trinajstić information content (AvgIpc) is 3.41. The smallest absolute Gasteiger partial charge is 0.463 e. The molecule has 1 aliphatic rings. The Morgan fingerprint density at radius 3 is 2.00 bits per heavy atom. The van der Waals surface area contributed by atoms with Gasteiger partial charge in [0.2, 0.25) is 0 Å². The predicted octanol–water partition coefficient (Wildman–Crippen LogP) is 4.01. The Morgan fingerprint density at radius 2 is 1.76 bits per heavy atom. The SMILES string of the molecule is C=CC(=O)OCC.C=CC1COC(=O)O1.C=Cc1ccccc1.O=c1occo1. The molecule has 0 bridgehead atoms.